The van der Waals surface area contributed by atoms with Crippen molar-refractivity contribution in [1.82, 2.24) is 10.6 Å². The number of hydrogen-bond acceptors (Lipinski definition) is 3. The molecule has 0 unspecified atom stereocenters. The zero-order chi connectivity index (χ0) is 19.1. The molecule has 0 bridgehead atoms. The Balaban J connectivity index is 1.75. The second kappa shape index (κ2) is 8.87. The molecular formula is C21H17ClN2O3. The highest BCUT2D eigenvalue weighted by Crippen LogP contribution is 2.11. The summed E-state index contributed by atoms with van der Waals surface area (Å²) in [5.41, 5.74) is 1.42. The van der Waals surface area contributed by atoms with Crippen LogP contribution in [0.3, 0.4) is 0 Å². The number of benzene rings is 2. The number of amides is 2. The third-order valence-corrected chi connectivity index (χ3v) is 3.98. The molecule has 0 atom stereocenters. The topological polar surface area (TPSA) is 71.3 Å². The minimum absolute atomic E-state index is 0.0841. The normalized spacial score (nSPS) is 11.1. The molecule has 2 N–H and O–H groups in total. The molecule has 3 rings (SSSR count). The van der Waals surface area contributed by atoms with E-state index in [0.29, 0.717) is 22.9 Å². The minimum atomic E-state index is -0.419. The Bertz CT molecular complexity index is 933. The lowest BCUT2D eigenvalue weighted by Crippen LogP contribution is -2.34. The van der Waals surface area contributed by atoms with Crippen LogP contribution in [0, 0.1) is 0 Å². The molecule has 0 aliphatic rings. The maximum atomic E-state index is 12.6. The van der Waals surface area contributed by atoms with Crippen molar-refractivity contribution in [2.24, 2.45) is 0 Å². The summed E-state index contributed by atoms with van der Waals surface area (Å²) in [6.07, 6.45) is 2.97. The molecule has 0 aliphatic carbocycles. The molecule has 1 heterocycles. The van der Waals surface area contributed by atoms with E-state index in [2.05, 4.69) is 10.6 Å². The molecule has 0 aliphatic heterocycles. The Kier molecular flexibility index (Phi) is 6.07. The van der Waals surface area contributed by atoms with Crippen molar-refractivity contribution in [1.29, 1.82) is 0 Å². The van der Waals surface area contributed by atoms with Gasteiger partial charge in [0.25, 0.3) is 11.8 Å². The summed E-state index contributed by atoms with van der Waals surface area (Å²) < 4.78 is 5.25. The highest BCUT2D eigenvalue weighted by molar-refractivity contribution is 6.30. The summed E-state index contributed by atoms with van der Waals surface area (Å²) in [6, 6.07) is 19.3. The standard InChI is InChI=1S/C21H17ClN2O3/c22-17-10-8-16(9-11-17)20(25)24-19(13-18-7-4-12-27-18)21(26)23-14-15-5-2-1-3-6-15/h1-13H,14H2,(H,23,26)(H,24,25). The van der Waals surface area contributed by atoms with Crippen LogP contribution in [0.1, 0.15) is 21.7 Å². The molecule has 0 spiro atoms. The first-order chi connectivity index (χ1) is 13.1. The molecule has 0 saturated heterocycles. The van der Waals surface area contributed by atoms with Crippen LogP contribution < -0.4 is 10.6 Å². The van der Waals surface area contributed by atoms with Gasteiger partial charge in [-0.15, -0.1) is 0 Å². The summed E-state index contributed by atoms with van der Waals surface area (Å²) >= 11 is 5.85. The molecule has 0 fully saturated rings. The third-order valence-electron chi connectivity index (χ3n) is 3.72. The summed E-state index contributed by atoms with van der Waals surface area (Å²) in [4.78, 5) is 25.1. The Labute approximate surface area is 161 Å². The molecule has 3 aromatic rings. The van der Waals surface area contributed by atoms with Crippen molar-refractivity contribution in [3.05, 3.63) is 101 Å². The van der Waals surface area contributed by atoms with E-state index >= 15 is 0 Å². The SMILES string of the molecule is O=C(NCc1ccccc1)C(=Cc1ccco1)NC(=O)c1ccc(Cl)cc1. The predicted octanol–water partition coefficient (Wildman–Crippen LogP) is 4.02. The third kappa shape index (κ3) is 5.33. The van der Waals surface area contributed by atoms with Gasteiger partial charge in [0.2, 0.25) is 0 Å². The maximum Gasteiger partial charge on any atom is 0.268 e. The average molecular weight is 381 g/mol. The van der Waals surface area contributed by atoms with E-state index in [4.69, 9.17) is 16.0 Å². The zero-order valence-electron chi connectivity index (χ0n) is 14.3. The second-order valence-corrected chi connectivity index (χ2v) is 6.14. The Morgan fingerprint density at radius 1 is 0.963 bits per heavy atom. The number of carbonyl (C=O) groups excluding carboxylic acids is 2. The smallest absolute Gasteiger partial charge is 0.268 e. The van der Waals surface area contributed by atoms with Gasteiger partial charge in [0.15, 0.2) is 0 Å². The van der Waals surface area contributed by atoms with E-state index in [1.54, 1.807) is 36.4 Å². The minimum Gasteiger partial charge on any atom is -0.465 e. The van der Waals surface area contributed by atoms with Crippen LogP contribution in [0.2, 0.25) is 5.02 Å². The largest absolute Gasteiger partial charge is 0.465 e. The lowest BCUT2D eigenvalue weighted by atomic mass is 10.2. The van der Waals surface area contributed by atoms with Crippen LogP contribution in [-0.2, 0) is 11.3 Å². The molecular weight excluding hydrogens is 364 g/mol. The highest BCUT2D eigenvalue weighted by Gasteiger charge is 2.15. The average Bonchev–Trinajstić information content (AvgIpc) is 3.20. The van der Waals surface area contributed by atoms with E-state index in [1.807, 2.05) is 30.3 Å². The van der Waals surface area contributed by atoms with Crippen LogP contribution >= 0.6 is 11.6 Å². The van der Waals surface area contributed by atoms with E-state index in [-0.39, 0.29) is 5.70 Å². The summed E-state index contributed by atoms with van der Waals surface area (Å²) in [7, 11) is 0. The molecule has 6 heteroatoms. The van der Waals surface area contributed by atoms with Crippen LogP contribution in [0.15, 0.2) is 83.1 Å². The molecule has 5 nitrogen and oxygen atoms in total. The van der Waals surface area contributed by atoms with Gasteiger partial charge in [0.05, 0.1) is 6.26 Å². The summed E-state index contributed by atoms with van der Waals surface area (Å²) in [6.45, 7) is 0.339. The first kappa shape index (κ1) is 18.5. The quantitative estimate of drug-likeness (QED) is 0.634. The predicted molar refractivity (Wildman–Crippen MR) is 104 cm³/mol. The Morgan fingerprint density at radius 3 is 2.37 bits per heavy atom. The van der Waals surface area contributed by atoms with Gasteiger partial charge in [-0.2, -0.15) is 0 Å². The lowest BCUT2D eigenvalue weighted by Gasteiger charge is -2.11. The van der Waals surface area contributed by atoms with E-state index in [0.717, 1.165) is 5.56 Å². The number of halogens is 1. The van der Waals surface area contributed by atoms with Crippen LogP contribution in [0.5, 0.6) is 0 Å². The molecule has 1 aromatic heterocycles. The van der Waals surface area contributed by atoms with Crippen molar-refractivity contribution in [3.8, 4) is 0 Å². The molecule has 2 amide bonds. The molecule has 0 radical (unpaired) electrons. The van der Waals surface area contributed by atoms with E-state index < -0.39 is 11.8 Å². The molecule has 27 heavy (non-hydrogen) atoms. The first-order valence-corrected chi connectivity index (χ1v) is 8.64. The fourth-order valence-corrected chi connectivity index (χ4v) is 2.47. The van der Waals surface area contributed by atoms with Crippen molar-refractivity contribution in [3.63, 3.8) is 0 Å². The Hall–Kier alpha value is -3.31. The Morgan fingerprint density at radius 2 is 1.70 bits per heavy atom. The number of carbonyl (C=O) groups is 2. The van der Waals surface area contributed by atoms with Crippen LogP contribution in [-0.4, -0.2) is 11.8 Å². The van der Waals surface area contributed by atoms with Crippen molar-refractivity contribution in [2.45, 2.75) is 6.54 Å². The van der Waals surface area contributed by atoms with Crippen LogP contribution in [0.4, 0.5) is 0 Å². The molecule has 2 aromatic carbocycles. The van der Waals surface area contributed by atoms with Gasteiger partial charge in [0.1, 0.15) is 11.5 Å². The van der Waals surface area contributed by atoms with Gasteiger partial charge in [-0.1, -0.05) is 41.9 Å². The van der Waals surface area contributed by atoms with E-state index in [1.165, 1.54) is 12.3 Å². The van der Waals surface area contributed by atoms with Gasteiger partial charge in [-0.25, -0.2) is 0 Å². The second-order valence-electron chi connectivity index (χ2n) is 5.70. The number of rotatable bonds is 6. The summed E-state index contributed by atoms with van der Waals surface area (Å²) in [5.74, 6) is -0.381. The first-order valence-electron chi connectivity index (χ1n) is 8.26. The molecule has 136 valence electrons. The fraction of sp³-hybridized carbons (Fsp3) is 0.0476. The maximum absolute atomic E-state index is 12.6. The fourth-order valence-electron chi connectivity index (χ4n) is 2.34. The van der Waals surface area contributed by atoms with Crippen molar-refractivity contribution in [2.75, 3.05) is 0 Å². The van der Waals surface area contributed by atoms with Crippen LogP contribution in [0.25, 0.3) is 6.08 Å². The number of furan rings is 1. The lowest BCUT2D eigenvalue weighted by molar-refractivity contribution is -0.117. The van der Waals surface area contributed by atoms with Gasteiger partial charge in [0, 0.05) is 23.2 Å². The number of hydrogen-bond donors (Lipinski definition) is 2. The van der Waals surface area contributed by atoms with Gasteiger partial charge < -0.3 is 15.1 Å². The van der Waals surface area contributed by atoms with Gasteiger partial charge in [-0.3, -0.25) is 9.59 Å². The van der Waals surface area contributed by atoms with Gasteiger partial charge in [-0.05, 0) is 42.0 Å². The number of nitrogens with one attached hydrogen (secondary N) is 2. The van der Waals surface area contributed by atoms with Gasteiger partial charge >= 0.3 is 0 Å². The van der Waals surface area contributed by atoms with E-state index in [9.17, 15) is 9.59 Å². The monoisotopic (exact) mass is 380 g/mol. The zero-order valence-corrected chi connectivity index (χ0v) is 15.1. The highest BCUT2D eigenvalue weighted by atomic mass is 35.5. The summed E-state index contributed by atoms with van der Waals surface area (Å²) in [5, 5.41) is 5.95. The van der Waals surface area contributed by atoms with Crippen molar-refractivity contribution >= 4 is 29.5 Å². The molecule has 0 saturated carbocycles. The van der Waals surface area contributed by atoms with Crippen molar-refractivity contribution < 1.29 is 14.0 Å².